The minimum atomic E-state index is -0.219. The van der Waals surface area contributed by atoms with Gasteiger partial charge in [-0.3, -0.25) is 0 Å². The summed E-state index contributed by atoms with van der Waals surface area (Å²) in [6.07, 6.45) is -0.119. The largest absolute Gasteiger partial charge is 0.361 e. The lowest BCUT2D eigenvalue weighted by atomic mass is 10.0. The summed E-state index contributed by atoms with van der Waals surface area (Å²) in [5.74, 6) is -0.219. The predicted octanol–water partition coefficient (Wildman–Crippen LogP) is 4.52. The summed E-state index contributed by atoms with van der Waals surface area (Å²) in [5, 5.41) is 9.23. The fourth-order valence-corrected chi connectivity index (χ4v) is 2.78. The van der Waals surface area contributed by atoms with E-state index in [2.05, 4.69) is 34.9 Å². The molecule has 2 nitrogen and oxygen atoms in total. The molecule has 98 valence electrons. The Kier molecular flexibility index (Phi) is 2.39. The van der Waals surface area contributed by atoms with Crippen molar-refractivity contribution in [1.82, 2.24) is 0 Å². The van der Waals surface area contributed by atoms with Gasteiger partial charge in [-0.1, -0.05) is 36.4 Å². The summed E-state index contributed by atoms with van der Waals surface area (Å²) in [6.45, 7) is 0. The lowest BCUT2D eigenvalue weighted by Crippen LogP contribution is -2.23. The Morgan fingerprint density at radius 1 is 0.800 bits per heavy atom. The SMILES string of the molecule is Fc1cccc(C2Nc3cccc4cccc(c34)N2)c1. The van der Waals surface area contributed by atoms with E-state index in [1.165, 1.54) is 16.8 Å². The van der Waals surface area contributed by atoms with Crippen LogP contribution in [0.15, 0.2) is 60.7 Å². The Labute approximate surface area is 116 Å². The van der Waals surface area contributed by atoms with Crippen LogP contribution in [0.1, 0.15) is 11.7 Å². The van der Waals surface area contributed by atoms with E-state index in [1.54, 1.807) is 12.1 Å². The molecule has 3 aromatic carbocycles. The molecule has 4 rings (SSSR count). The van der Waals surface area contributed by atoms with Crippen LogP contribution in [0.2, 0.25) is 0 Å². The molecule has 0 atom stereocenters. The molecule has 0 saturated carbocycles. The van der Waals surface area contributed by atoms with Crippen molar-refractivity contribution in [3.63, 3.8) is 0 Å². The number of hydrogen-bond donors (Lipinski definition) is 2. The third kappa shape index (κ3) is 1.71. The highest BCUT2D eigenvalue weighted by atomic mass is 19.1. The molecule has 0 amide bonds. The number of hydrogen-bond acceptors (Lipinski definition) is 2. The molecule has 0 bridgehead atoms. The van der Waals surface area contributed by atoms with E-state index in [0.717, 1.165) is 16.9 Å². The van der Waals surface area contributed by atoms with Crippen LogP contribution in [0.5, 0.6) is 0 Å². The normalized spacial score (nSPS) is 13.8. The summed E-state index contributed by atoms with van der Waals surface area (Å²) in [7, 11) is 0. The molecule has 0 fully saturated rings. The summed E-state index contributed by atoms with van der Waals surface area (Å²) in [4.78, 5) is 0. The molecule has 0 aliphatic carbocycles. The Morgan fingerprint density at radius 3 is 2.10 bits per heavy atom. The first-order chi connectivity index (χ1) is 9.81. The van der Waals surface area contributed by atoms with Crippen molar-refractivity contribution in [2.75, 3.05) is 10.6 Å². The molecule has 0 unspecified atom stereocenters. The molecule has 0 saturated heterocycles. The molecular formula is C17H13FN2. The third-order valence-corrected chi connectivity index (χ3v) is 3.69. The fourth-order valence-electron chi connectivity index (χ4n) is 2.78. The maximum Gasteiger partial charge on any atom is 0.123 e. The van der Waals surface area contributed by atoms with Crippen LogP contribution >= 0.6 is 0 Å². The maximum absolute atomic E-state index is 13.4. The van der Waals surface area contributed by atoms with Crippen LogP contribution in [0, 0.1) is 5.82 Å². The van der Waals surface area contributed by atoms with E-state index in [4.69, 9.17) is 0 Å². The average molecular weight is 264 g/mol. The molecule has 1 aliphatic rings. The van der Waals surface area contributed by atoms with Crippen LogP contribution in [0.3, 0.4) is 0 Å². The number of anilines is 2. The minimum Gasteiger partial charge on any atom is -0.361 e. The number of benzene rings is 3. The van der Waals surface area contributed by atoms with Gasteiger partial charge >= 0.3 is 0 Å². The van der Waals surface area contributed by atoms with Gasteiger partial charge in [-0.15, -0.1) is 0 Å². The van der Waals surface area contributed by atoms with Crippen molar-refractivity contribution in [1.29, 1.82) is 0 Å². The summed E-state index contributed by atoms with van der Waals surface area (Å²) >= 11 is 0. The minimum absolute atomic E-state index is 0.119. The molecule has 0 spiro atoms. The van der Waals surface area contributed by atoms with E-state index in [-0.39, 0.29) is 12.0 Å². The van der Waals surface area contributed by atoms with Crippen LogP contribution in [-0.2, 0) is 0 Å². The standard InChI is InChI=1S/C17H13FN2/c18-13-7-1-6-12(10-13)17-19-14-8-2-4-11-5-3-9-15(20-17)16(11)14/h1-10,17,19-20H. The summed E-state index contributed by atoms with van der Waals surface area (Å²) < 4.78 is 13.4. The Balaban J connectivity index is 1.83. The first-order valence-electron chi connectivity index (χ1n) is 6.61. The van der Waals surface area contributed by atoms with Crippen molar-refractivity contribution in [3.05, 3.63) is 72.0 Å². The highest BCUT2D eigenvalue weighted by Crippen LogP contribution is 2.38. The monoisotopic (exact) mass is 264 g/mol. The zero-order chi connectivity index (χ0) is 13.5. The molecule has 20 heavy (non-hydrogen) atoms. The maximum atomic E-state index is 13.4. The second-order valence-electron chi connectivity index (χ2n) is 4.99. The van der Waals surface area contributed by atoms with Crippen molar-refractivity contribution < 1.29 is 4.39 Å². The molecule has 0 aromatic heterocycles. The van der Waals surface area contributed by atoms with Gasteiger partial charge in [-0.25, -0.2) is 4.39 Å². The van der Waals surface area contributed by atoms with Gasteiger partial charge in [0.05, 0.1) is 0 Å². The number of halogens is 1. The third-order valence-electron chi connectivity index (χ3n) is 3.69. The Bertz CT molecular complexity index is 757. The van der Waals surface area contributed by atoms with Crippen molar-refractivity contribution in [3.8, 4) is 0 Å². The second-order valence-corrected chi connectivity index (χ2v) is 4.99. The van der Waals surface area contributed by atoms with Crippen LogP contribution in [0.25, 0.3) is 10.8 Å². The summed E-state index contributed by atoms with van der Waals surface area (Å²) in [6, 6.07) is 19.0. The number of nitrogens with one attached hydrogen (secondary N) is 2. The fraction of sp³-hybridized carbons (Fsp3) is 0.0588. The second kappa shape index (κ2) is 4.23. The first kappa shape index (κ1) is 11.3. The quantitative estimate of drug-likeness (QED) is 0.675. The molecule has 1 aliphatic heterocycles. The van der Waals surface area contributed by atoms with Gasteiger partial charge < -0.3 is 10.6 Å². The lowest BCUT2D eigenvalue weighted by Gasteiger charge is -2.29. The van der Waals surface area contributed by atoms with Crippen LogP contribution < -0.4 is 10.6 Å². The van der Waals surface area contributed by atoms with Gasteiger partial charge in [0.15, 0.2) is 0 Å². The molecule has 0 radical (unpaired) electrons. The zero-order valence-electron chi connectivity index (χ0n) is 10.7. The van der Waals surface area contributed by atoms with Gasteiger partial charge in [-0.2, -0.15) is 0 Å². The average Bonchev–Trinajstić information content (AvgIpc) is 2.48. The van der Waals surface area contributed by atoms with Crippen molar-refractivity contribution in [2.24, 2.45) is 0 Å². The smallest absolute Gasteiger partial charge is 0.123 e. The van der Waals surface area contributed by atoms with Crippen LogP contribution in [-0.4, -0.2) is 0 Å². The molecule has 1 heterocycles. The molecule has 3 heteroatoms. The van der Waals surface area contributed by atoms with Crippen molar-refractivity contribution >= 4 is 22.1 Å². The van der Waals surface area contributed by atoms with Gasteiger partial charge in [0, 0.05) is 16.8 Å². The van der Waals surface area contributed by atoms with Gasteiger partial charge in [0.2, 0.25) is 0 Å². The molecule has 3 aromatic rings. The predicted molar refractivity (Wildman–Crippen MR) is 80.3 cm³/mol. The van der Waals surface area contributed by atoms with E-state index >= 15 is 0 Å². The van der Waals surface area contributed by atoms with Crippen LogP contribution in [0.4, 0.5) is 15.8 Å². The highest BCUT2D eigenvalue weighted by molar-refractivity contribution is 6.04. The first-order valence-corrected chi connectivity index (χ1v) is 6.61. The van der Waals surface area contributed by atoms with Crippen molar-refractivity contribution in [2.45, 2.75) is 6.17 Å². The van der Waals surface area contributed by atoms with E-state index in [1.807, 2.05) is 18.2 Å². The Morgan fingerprint density at radius 2 is 1.45 bits per heavy atom. The lowest BCUT2D eigenvalue weighted by molar-refractivity contribution is 0.624. The van der Waals surface area contributed by atoms with E-state index in [0.29, 0.717) is 0 Å². The summed E-state index contributed by atoms with van der Waals surface area (Å²) in [5.41, 5.74) is 3.04. The topological polar surface area (TPSA) is 24.1 Å². The van der Waals surface area contributed by atoms with E-state index in [9.17, 15) is 4.39 Å². The zero-order valence-corrected chi connectivity index (χ0v) is 10.7. The molecular weight excluding hydrogens is 251 g/mol. The number of rotatable bonds is 1. The van der Waals surface area contributed by atoms with Gasteiger partial charge in [0.25, 0.3) is 0 Å². The molecule has 2 N–H and O–H groups in total. The highest BCUT2D eigenvalue weighted by Gasteiger charge is 2.20. The van der Waals surface area contributed by atoms with E-state index < -0.39 is 0 Å². The van der Waals surface area contributed by atoms with Gasteiger partial charge in [0.1, 0.15) is 12.0 Å². The Hall–Kier alpha value is -2.55. The van der Waals surface area contributed by atoms with Gasteiger partial charge in [-0.05, 0) is 35.2 Å².